The molecule has 0 saturated carbocycles. The average molecular weight is 270 g/mol. The third kappa shape index (κ3) is 2.43. The van der Waals surface area contributed by atoms with Crippen LogP contribution in [0.25, 0.3) is 0 Å². The van der Waals surface area contributed by atoms with Crippen LogP contribution < -0.4 is 5.32 Å². The molecule has 0 bridgehead atoms. The van der Waals surface area contributed by atoms with E-state index in [1.54, 1.807) is 12.1 Å². The summed E-state index contributed by atoms with van der Waals surface area (Å²) in [6.07, 6.45) is 2.92. The van der Waals surface area contributed by atoms with Gasteiger partial charge in [0.25, 0.3) is 5.91 Å². The SMILES string of the molecule is Cc1ccc(Cl)c(NC(=O)c2cn[nH]c2)c1Cl. The third-order valence-electron chi connectivity index (χ3n) is 2.28. The van der Waals surface area contributed by atoms with Gasteiger partial charge in [0.1, 0.15) is 0 Å². The van der Waals surface area contributed by atoms with E-state index in [1.165, 1.54) is 12.4 Å². The highest BCUT2D eigenvalue weighted by molar-refractivity contribution is 6.40. The van der Waals surface area contributed by atoms with Crippen molar-refractivity contribution >= 4 is 34.8 Å². The number of hydrogen-bond acceptors (Lipinski definition) is 2. The van der Waals surface area contributed by atoms with Gasteiger partial charge in [-0.15, -0.1) is 0 Å². The first-order chi connectivity index (χ1) is 8.09. The van der Waals surface area contributed by atoms with E-state index in [9.17, 15) is 4.79 Å². The van der Waals surface area contributed by atoms with E-state index in [4.69, 9.17) is 23.2 Å². The normalized spacial score (nSPS) is 10.3. The quantitative estimate of drug-likeness (QED) is 0.879. The predicted molar refractivity (Wildman–Crippen MR) is 67.7 cm³/mol. The van der Waals surface area contributed by atoms with Crippen molar-refractivity contribution in [2.75, 3.05) is 5.32 Å². The summed E-state index contributed by atoms with van der Waals surface area (Å²) in [6.45, 7) is 1.84. The second-order valence-electron chi connectivity index (χ2n) is 3.49. The van der Waals surface area contributed by atoms with Crippen LogP contribution in [-0.2, 0) is 0 Å². The number of rotatable bonds is 2. The molecular weight excluding hydrogens is 261 g/mol. The molecule has 4 nitrogen and oxygen atoms in total. The molecule has 2 rings (SSSR count). The molecule has 0 aliphatic rings. The number of carbonyl (C=O) groups is 1. The highest BCUT2D eigenvalue weighted by Gasteiger charge is 2.13. The van der Waals surface area contributed by atoms with E-state index in [2.05, 4.69) is 15.5 Å². The number of aromatic nitrogens is 2. The van der Waals surface area contributed by atoms with Gasteiger partial charge in [-0.2, -0.15) is 5.10 Å². The number of aryl methyl sites for hydroxylation is 1. The smallest absolute Gasteiger partial charge is 0.258 e. The lowest BCUT2D eigenvalue weighted by Crippen LogP contribution is -2.12. The van der Waals surface area contributed by atoms with Crippen molar-refractivity contribution in [3.8, 4) is 0 Å². The maximum Gasteiger partial charge on any atom is 0.258 e. The van der Waals surface area contributed by atoms with E-state index < -0.39 is 0 Å². The zero-order chi connectivity index (χ0) is 12.4. The summed E-state index contributed by atoms with van der Waals surface area (Å²) in [4.78, 5) is 11.8. The molecule has 0 saturated heterocycles. The minimum atomic E-state index is -0.312. The topological polar surface area (TPSA) is 57.8 Å². The summed E-state index contributed by atoms with van der Waals surface area (Å²) in [6, 6.07) is 3.48. The Labute approximate surface area is 108 Å². The van der Waals surface area contributed by atoms with Gasteiger partial charge in [-0.05, 0) is 18.6 Å². The first-order valence-electron chi connectivity index (χ1n) is 4.84. The number of H-pyrrole nitrogens is 1. The number of aromatic amines is 1. The van der Waals surface area contributed by atoms with Crippen LogP contribution in [0.4, 0.5) is 5.69 Å². The second kappa shape index (κ2) is 4.77. The number of nitrogens with one attached hydrogen (secondary N) is 2. The van der Waals surface area contributed by atoms with Crippen LogP contribution in [0.5, 0.6) is 0 Å². The monoisotopic (exact) mass is 269 g/mol. The fourth-order valence-corrected chi connectivity index (χ4v) is 1.80. The summed E-state index contributed by atoms with van der Waals surface area (Å²) in [7, 11) is 0. The van der Waals surface area contributed by atoms with Crippen molar-refractivity contribution in [2.24, 2.45) is 0 Å². The minimum absolute atomic E-state index is 0.312. The molecule has 1 heterocycles. The highest BCUT2D eigenvalue weighted by atomic mass is 35.5. The number of amides is 1. The zero-order valence-corrected chi connectivity index (χ0v) is 10.4. The Bertz CT molecular complexity index is 552. The van der Waals surface area contributed by atoms with Crippen molar-refractivity contribution in [2.45, 2.75) is 6.92 Å². The minimum Gasteiger partial charge on any atom is -0.319 e. The number of anilines is 1. The van der Waals surface area contributed by atoms with Crippen LogP contribution >= 0.6 is 23.2 Å². The molecule has 0 aliphatic heterocycles. The molecule has 88 valence electrons. The number of hydrogen-bond donors (Lipinski definition) is 2. The number of carbonyl (C=O) groups excluding carboxylic acids is 1. The van der Waals surface area contributed by atoms with E-state index in [-0.39, 0.29) is 5.91 Å². The summed E-state index contributed by atoms with van der Waals surface area (Å²) in [5.74, 6) is -0.312. The molecule has 0 unspecified atom stereocenters. The Morgan fingerprint density at radius 1 is 1.41 bits per heavy atom. The van der Waals surface area contributed by atoms with Gasteiger partial charge in [0.05, 0.1) is 27.5 Å². The van der Waals surface area contributed by atoms with Crippen LogP contribution in [0.15, 0.2) is 24.5 Å². The summed E-state index contributed by atoms with van der Waals surface area (Å²) < 4.78 is 0. The molecule has 1 amide bonds. The van der Waals surface area contributed by atoms with Crippen LogP contribution in [0.1, 0.15) is 15.9 Å². The Balaban J connectivity index is 2.31. The van der Waals surface area contributed by atoms with E-state index in [1.807, 2.05) is 6.92 Å². The van der Waals surface area contributed by atoms with Gasteiger partial charge >= 0.3 is 0 Å². The van der Waals surface area contributed by atoms with E-state index in [0.29, 0.717) is 21.3 Å². The fourth-order valence-electron chi connectivity index (χ4n) is 1.33. The zero-order valence-electron chi connectivity index (χ0n) is 8.92. The van der Waals surface area contributed by atoms with Gasteiger partial charge < -0.3 is 5.32 Å². The van der Waals surface area contributed by atoms with Gasteiger partial charge in [-0.25, -0.2) is 0 Å². The summed E-state index contributed by atoms with van der Waals surface area (Å²) in [5.41, 5.74) is 1.68. The molecule has 0 fully saturated rings. The standard InChI is InChI=1S/C11H9Cl2N3O/c1-6-2-3-8(12)10(9(6)13)16-11(17)7-4-14-15-5-7/h2-5H,1H3,(H,14,15)(H,16,17). The molecular formula is C11H9Cl2N3O. The number of halogens is 2. The molecule has 0 radical (unpaired) electrons. The van der Waals surface area contributed by atoms with Gasteiger partial charge in [0.15, 0.2) is 0 Å². The molecule has 6 heteroatoms. The van der Waals surface area contributed by atoms with Gasteiger partial charge in [-0.1, -0.05) is 29.3 Å². The lowest BCUT2D eigenvalue weighted by atomic mass is 10.2. The first-order valence-corrected chi connectivity index (χ1v) is 5.60. The molecule has 1 aromatic heterocycles. The average Bonchev–Trinajstić information content (AvgIpc) is 2.83. The Morgan fingerprint density at radius 3 is 2.82 bits per heavy atom. The molecule has 0 spiro atoms. The van der Waals surface area contributed by atoms with Crippen molar-refractivity contribution in [1.29, 1.82) is 0 Å². The first kappa shape index (κ1) is 12.0. The van der Waals surface area contributed by atoms with Gasteiger partial charge in [-0.3, -0.25) is 9.89 Å². The predicted octanol–water partition coefficient (Wildman–Crippen LogP) is 3.28. The summed E-state index contributed by atoms with van der Waals surface area (Å²) >= 11 is 12.1. The highest BCUT2D eigenvalue weighted by Crippen LogP contribution is 2.33. The van der Waals surface area contributed by atoms with Crippen molar-refractivity contribution in [3.63, 3.8) is 0 Å². The van der Waals surface area contributed by atoms with Crippen molar-refractivity contribution in [3.05, 3.63) is 45.7 Å². The Kier molecular flexibility index (Phi) is 3.36. The van der Waals surface area contributed by atoms with Gasteiger partial charge in [0, 0.05) is 6.20 Å². The molecule has 0 atom stereocenters. The molecule has 17 heavy (non-hydrogen) atoms. The molecule has 2 N–H and O–H groups in total. The third-order valence-corrected chi connectivity index (χ3v) is 3.09. The number of benzene rings is 1. The molecule has 1 aromatic carbocycles. The van der Waals surface area contributed by atoms with Crippen LogP contribution in [0.3, 0.4) is 0 Å². The largest absolute Gasteiger partial charge is 0.319 e. The lowest BCUT2D eigenvalue weighted by Gasteiger charge is -2.10. The van der Waals surface area contributed by atoms with Crippen LogP contribution in [-0.4, -0.2) is 16.1 Å². The maximum atomic E-state index is 11.8. The van der Waals surface area contributed by atoms with Crippen molar-refractivity contribution < 1.29 is 4.79 Å². The molecule has 2 aromatic rings. The van der Waals surface area contributed by atoms with Gasteiger partial charge in [0.2, 0.25) is 0 Å². The Hall–Kier alpha value is -1.52. The van der Waals surface area contributed by atoms with E-state index >= 15 is 0 Å². The fraction of sp³-hybridized carbons (Fsp3) is 0.0909. The number of nitrogens with zero attached hydrogens (tertiary/aromatic N) is 1. The van der Waals surface area contributed by atoms with Crippen molar-refractivity contribution in [1.82, 2.24) is 10.2 Å². The summed E-state index contributed by atoms with van der Waals surface area (Å²) in [5, 5.41) is 9.75. The Morgan fingerprint density at radius 2 is 2.18 bits per heavy atom. The van der Waals surface area contributed by atoms with Crippen LogP contribution in [0, 0.1) is 6.92 Å². The maximum absolute atomic E-state index is 11.8. The lowest BCUT2D eigenvalue weighted by molar-refractivity contribution is 0.102. The van der Waals surface area contributed by atoms with E-state index in [0.717, 1.165) is 5.56 Å². The second-order valence-corrected chi connectivity index (χ2v) is 4.28. The van der Waals surface area contributed by atoms with Crippen LogP contribution in [0.2, 0.25) is 10.0 Å². The molecule has 0 aliphatic carbocycles.